The van der Waals surface area contributed by atoms with Gasteiger partial charge in [0, 0.05) is 16.1 Å². The van der Waals surface area contributed by atoms with Crippen LogP contribution in [0, 0.1) is 0 Å². The second-order valence-electron chi connectivity index (χ2n) is 5.09. The summed E-state index contributed by atoms with van der Waals surface area (Å²) in [5.41, 5.74) is 12.9. The van der Waals surface area contributed by atoms with Crippen LogP contribution in [-0.2, 0) is 0 Å². The summed E-state index contributed by atoms with van der Waals surface area (Å²) in [4.78, 5) is 16.2. The van der Waals surface area contributed by atoms with Gasteiger partial charge in [-0.3, -0.25) is 4.79 Å². The first-order valence-corrected chi connectivity index (χ1v) is 8.05. The molecule has 0 radical (unpaired) electrons. The number of anilines is 1. The van der Waals surface area contributed by atoms with Crippen molar-refractivity contribution in [1.82, 2.24) is 5.16 Å². The van der Waals surface area contributed by atoms with Gasteiger partial charge in [-0.05, 0) is 52.3 Å². The third-order valence-electron chi connectivity index (χ3n) is 3.27. The molecule has 7 nitrogen and oxygen atoms in total. The van der Waals surface area contributed by atoms with Gasteiger partial charge in [0.15, 0.2) is 17.4 Å². The molecule has 0 aliphatic carbocycles. The number of carbonyl (C=O) groups is 1. The fraction of sp³-hybridized carbons (Fsp3) is 0. The van der Waals surface area contributed by atoms with E-state index in [-0.39, 0.29) is 30.0 Å². The number of rotatable bonds is 4. The first kappa shape index (κ1) is 19.5. The lowest BCUT2D eigenvalue weighted by Crippen LogP contribution is -2.21. The van der Waals surface area contributed by atoms with Gasteiger partial charge in [0.25, 0.3) is 5.91 Å². The van der Waals surface area contributed by atoms with Crippen molar-refractivity contribution in [2.24, 2.45) is 16.5 Å². The van der Waals surface area contributed by atoms with Crippen LogP contribution < -0.4 is 16.8 Å². The molecular weight excluding hydrogens is 422 g/mol. The van der Waals surface area contributed by atoms with E-state index in [2.05, 4.69) is 31.4 Å². The molecule has 3 aromatic rings. The number of aromatic nitrogens is 1. The summed E-state index contributed by atoms with van der Waals surface area (Å²) in [6.07, 6.45) is 0. The first-order chi connectivity index (χ1) is 12.0. The second-order valence-corrected chi connectivity index (χ2v) is 5.95. The van der Waals surface area contributed by atoms with E-state index in [0.29, 0.717) is 17.1 Å². The van der Waals surface area contributed by atoms with Gasteiger partial charge in [-0.2, -0.15) is 0 Å². The molecule has 0 saturated heterocycles. The number of hydrogen-bond donors (Lipinski definition) is 3. The van der Waals surface area contributed by atoms with E-state index in [1.807, 2.05) is 18.2 Å². The van der Waals surface area contributed by atoms with Gasteiger partial charge in [-0.15, -0.1) is 12.4 Å². The molecule has 0 aliphatic heterocycles. The molecule has 0 atom stereocenters. The molecule has 5 N–H and O–H groups in total. The van der Waals surface area contributed by atoms with Crippen LogP contribution in [0.5, 0.6) is 0 Å². The zero-order chi connectivity index (χ0) is 17.8. The number of aliphatic imine (C=N–C) groups is 1. The second kappa shape index (κ2) is 8.50. The number of nitrogens with one attached hydrogen (secondary N) is 1. The summed E-state index contributed by atoms with van der Waals surface area (Å²) in [6.45, 7) is 0. The normalized spacial score (nSPS) is 9.88. The van der Waals surface area contributed by atoms with Crippen LogP contribution >= 0.6 is 28.3 Å². The van der Waals surface area contributed by atoms with Crippen molar-refractivity contribution in [2.45, 2.75) is 0 Å². The Hall–Kier alpha value is -2.84. The smallest absolute Gasteiger partial charge is 0.277 e. The zero-order valence-corrected chi connectivity index (χ0v) is 15.8. The van der Waals surface area contributed by atoms with Crippen LogP contribution in [0.4, 0.5) is 11.4 Å². The topological polar surface area (TPSA) is 120 Å². The number of hydrogen-bond acceptors (Lipinski definition) is 4. The van der Waals surface area contributed by atoms with Crippen LogP contribution in [0.1, 0.15) is 10.5 Å². The van der Waals surface area contributed by atoms with E-state index in [1.165, 1.54) is 0 Å². The van der Waals surface area contributed by atoms with Crippen molar-refractivity contribution in [3.8, 4) is 11.3 Å². The summed E-state index contributed by atoms with van der Waals surface area (Å²) in [5, 5.41) is 6.59. The zero-order valence-electron chi connectivity index (χ0n) is 13.3. The third kappa shape index (κ3) is 4.62. The van der Waals surface area contributed by atoms with Crippen LogP contribution in [0.2, 0.25) is 0 Å². The molecule has 0 fully saturated rings. The molecule has 1 heterocycles. The molecule has 9 heteroatoms. The maximum Gasteiger partial charge on any atom is 0.277 e. The van der Waals surface area contributed by atoms with E-state index >= 15 is 0 Å². The molecule has 0 saturated carbocycles. The molecule has 26 heavy (non-hydrogen) atoms. The Bertz CT molecular complexity index is 936. The summed E-state index contributed by atoms with van der Waals surface area (Å²) in [6, 6.07) is 15.9. The molecule has 1 aromatic heterocycles. The number of amides is 1. The lowest BCUT2D eigenvalue weighted by molar-refractivity contribution is 0.101. The highest BCUT2D eigenvalue weighted by Crippen LogP contribution is 2.25. The average Bonchev–Trinajstić information content (AvgIpc) is 3.07. The number of nitrogens with zero attached hydrogens (tertiary/aromatic N) is 2. The number of carbonyl (C=O) groups excluding carboxylic acids is 1. The van der Waals surface area contributed by atoms with Crippen LogP contribution in [0.25, 0.3) is 11.3 Å². The van der Waals surface area contributed by atoms with Gasteiger partial charge >= 0.3 is 0 Å². The molecule has 0 unspecified atom stereocenters. The SMILES string of the molecule is Cl.NC(N)=Nc1ccc(-c2cc(C(=O)Nc3ccccc3Br)no2)cc1. The monoisotopic (exact) mass is 435 g/mol. The molecule has 3 rings (SSSR count). The van der Waals surface area contributed by atoms with E-state index < -0.39 is 0 Å². The summed E-state index contributed by atoms with van der Waals surface area (Å²) in [5.74, 6) is 0.0889. The van der Waals surface area contributed by atoms with Gasteiger partial charge < -0.3 is 21.3 Å². The predicted octanol–water partition coefficient (Wildman–Crippen LogP) is 3.68. The minimum absolute atomic E-state index is 0. The van der Waals surface area contributed by atoms with Crippen LogP contribution in [-0.4, -0.2) is 17.0 Å². The van der Waals surface area contributed by atoms with Crippen molar-refractivity contribution < 1.29 is 9.32 Å². The summed E-state index contributed by atoms with van der Waals surface area (Å²) >= 11 is 3.38. The number of nitrogens with two attached hydrogens (primary N) is 2. The van der Waals surface area contributed by atoms with Crippen molar-refractivity contribution in [3.63, 3.8) is 0 Å². The number of para-hydroxylation sites is 1. The lowest BCUT2D eigenvalue weighted by Gasteiger charge is -2.04. The van der Waals surface area contributed by atoms with Gasteiger partial charge in [0.2, 0.25) is 0 Å². The van der Waals surface area contributed by atoms with Crippen LogP contribution in [0.15, 0.2) is 68.6 Å². The Morgan fingerprint density at radius 2 is 1.81 bits per heavy atom. The molecular formula is C17H15BrClN5O2. The number of guanidine groups is 1. The predicted molar refractivity (Wildman–Crippen MR) is 107 cm³/mol. The van der Waals surface area contributed by atoms with Crippen molar-refractivity contribution >= 4 is 51.6 Å². The third-order valence-corrected chi connectivity index (χ3v) is 3.97. The largest absolute Gasteiger partial charge is 0.370 e. The highest BCUT2D eigenvalue weighted by Gasteiger charge is 2.14. The van der Waals surface area contributed by atoms with E-state index in [4.69, 9.17) is 16.0 Å². The highest BCUT2D eigenvalue weighted by molar-refractivity contribution is 9.10. The maximum atomic E-state index is 12.3. The molecule has 2 aromatic carbocycles. The molecule has 1 amide bonds. The fourth-order valence-corrected chi connectivity index (χ4v) is 2.50. The Balaban J connectivity index is 0.00000243. The van der Waals surface area contributed by atoms with Gasteiger partial charge in [0.1, 0.15) is 0 Å². The minimum atomic E-state index is -0.362. The van der Waals surface area contributed by atoms with Crippen molar-refractivity contribution in [1.29, 1.82) is 0 Å². The summed E-state index contributed by atoms with van der Waals surface area (Å²) < 4.78 is 6.03. The minimum Gasteiger partial charge on any atom is -0.370 e. The molecule has 0 spiro atoms. The molecule has 0 aliphatic rings. The number of halogens is 2. The number of benzene rings is 2. The van der Waals surface area contributed by atoms with Crippen LogP contribution in [0.3, 0.4) is 0 Å². The Morgan fingerprint density at radius 1 is 1.12 bits per heavy atom. The average molecular weight is 437 g/mol. The van der Waals surface area contributed by atoms with Gasteiger partial charge in [-0.1, -0.05) is 17.3 Å². The highest BCUT2D eigenvalue weighted by atomic mass is 79.9. The van der Waals surface area contributed by atoms with Gasteiger partial charge in [0.05, 0.1) is 11.4 Å². The maximum absolute atomic E-state index is 12.3. The quantitative estimate of drug-likeness (QED) is 0.426. The molecule has 134 valence electrons. The standard InChI is InChI=1S/C17H14BrN5O2.ClH/c18-12-3-1-2-4-13(12)22-16(24)14-9-15(25-23-14)10-5-7-11(8-6-10)21-17(19)20;/h1-9H,(H,22,24)(H4,19,20,21);1H. The summed E-state index contributed by atoms with van der Waals surface area (Å²) in [7, 11) is 0. The Kier molecular flexibility index (Phi) is 6.37. The lowest BCUT2D eigenvalue weighted by atomic mass is 10.1. The van der Waals surface area contributed by atoms with E-state index in [0.717, 1.165) is 10.0 Å². The van der Waals surface area contributed by atoms with Crippen molar-refractivity contribution in [2.75, 3.05) is 5.32 Å². The van der Waals surface area contributed by atoms with E-state index in [1.54, 1.807) is 36.4 Å². The first-order valence-electron chi connectivity index (χ1n) is 7.25. The Labute approximate surface area is 164 Å². The van der Waals surface area contributed by atoms with Crippen molar-refractivity contribution in [3.05, 3.63) is 64.8 Å². The Morgan fingerprint density at radius 3 is 2.46 bits per heavy atom. The van der Waals surface area contributed by atoms with Gasteiger partial charge in [-0.25, -0.2) is 4.99 Å². The molecule has 0 bridgehead atoms. The van der Waals surface area contributed by atoms with E-state index in [9.17, 15) is 4.79 Å². The fourth-order valence-electron chi connectivity index (χ4n) is 2.12.